The molecule has 1 rings (SSSR count). The SMILES string of the molecule is Cc1ccc(CNC(=O)[C@@H](N)CC(C)C)c(C)c1.Cl. The average molecular weight is 285 g/mol. The van der Waals surface area contributed by atoms with E-state index in [1.165, 1.54) is 11.1 Å². The Bertz CT molecular complexity index is 419. The third-order valence-corrected chi connectivity index (χ3v) is 3.01. The van der Waals surface area contributed by atoms with E-state index in [1.807, 2.05) is 0 Å². The zero-order valence-corrected chi connectivity index (χ0v) is 13.0. The molecule has 1 amide bonds. The summed E-state index contributed by atoms with van der Waals surface area (Å²) in [5.74, 6) is 0.371. The molecule has 0 spiro atoms. The number of carbonyl (C=O) groups excluding carboxylic acids is 1. The summed E-state index contributed by atoms with van der Waals surface area (Å²) in [7, 11) is 0. The first kappa shape index (κ1) is 17.9. The number of aryl methyl sites for hydroxylation is 2. The van der Waals surface area contributed by atoms with Crippen molar-refractivity contribution in [3.05, 3.63) is 34.9 Å². The van der Waals surface area contributed by atoms with Crippen LogP contribution in [0.15, 0.2) is 18.2 Å². The van der Waals surface area contributed by atoms with Gasteiger partial charge in [0.25, 0.3) is 0 Å². The number of hydrogen-bond acceptors (Lipinski definition) is 2. The molecular formula is C15H25ClN2O. The van der Waals surface area contributed by atoms with Crippen LogP contribution in [0.4, 0.5) is 0 Å². The van der Waals surface area contributed by atoms with Gasteiger partial charge in [0.15, 0.2) is 0 Å². The van der Waals surface area contributed by atoms with E-state index in [4.69, 9.17) is 5.73 Å². The standard InChI is InChI=1S/C15H24N2O.ClH/c1-10(2)7-14(16)15(18)17-9-13-6-5-11(3)8-12(13)4;/h5-6,8,10,14H,7,9,16H2,1-4H3,(H,17,18);1H/t14-;/m0./s1. The Balaban J connectivity index is 0.00000324. The number of nitrogens with one attached hydrogen (secondary N) is 1. The molecule has 3 nitrogen and oxygen atoms in total. The first-order chi connectivity index (χ1) is 8.40. The Morgan fingerprint density at radius 2 is 1.95 bits per heavy atom. The van der Waals surface area contributed by atoms with Gasteiger partial charge in [-0.2, -0.15) is 0 Å². The molecular weight excluding hydrogens is 260 g/mol. The van der Waals surface area contributed by atoms with Gasteiger partial charge in [0.05, 0.1) is 6.04 Å². The summed E-state index contributed by atoms with van der Waals surface area (Å²) in [5, 5.41) is 2.90. The van der Waals surface area contributed by atoms with Crippen LogP contribution < -0.4 is 11.1 Å². The normalized spacial score (nSPS) is 11.9. The lowest BCUT2D eigenvalue weighted by molar-refractivity contribution is -0.122. The highest BCUT2D eigenvalue weighted by Crippen LogP contribution is 2.10. The number of carbonyl (C=O) groups is 1. The minimum absolute atomic E-state index is 0. The summed E-state index contributed by atoms with van der Waals surface area (Å²) in [6.45, 7) is 8.81. The summed E-state index contributed by atoms with van der Waals surface area (Å²) in [6, 6.07) is 5.83. The van der Waals surface area contributed by atoms with Gasteiger partial charge in [-0.05, 0) is 37.3 Å². The fourth-order valence-electron chi connectivity index (χ4n) is 1.97. The van der Waals surface area contributed by atoms with Crippen LogP contribution in [-0.2, 0) is 11.3 Å². The predicted octanol–water partition coefficient (Wildman–Crippen LogP) is 2.71. The molecule has 1 atom stereocenters. The number of rotatable bonds is 5. The number of halogens is 1. The molecule has 3 N–H and O–H groups in total. The van der Waals surface area contributed by atoms with Gasteiger partial charge in [0.2, 0.25) is 5.91 Å². The van der Waals surface area contributed by atoms with Crippen LogP contribution in [-0.4, -0.2) is 11.9 Å². The van der Waals surface area contributed by atoms with Gasteiger partial charge in [-0.15, -0.1) is 12.4 Å². The van der Waals surface area contributed by atoms with Crippen LogP contribution in [0.5, 0.6) is 0 Å². The molecule has 0 saturated heterocycles. The van der Waals surface area contributed by atoms with Gasteiger partial charge in [-0.25, -0.2) is 0 Å². The van der Waals surface area contributed by atoms with Crippen molar-refractivity contribution in [2.45, 2.75) is 46.7 Å². The number of amides is 1. The zero-order valence-electron chi connectivity index (χ0n) is 12.2. The molecule has 19 heavy (non-hydrogen) atoms. The highest BCUT2D eigenvalue weighted by atomic mass is 35.5. The third-order valence-electron chi connectivity index (χ3n) is 3.01. The largest absolute Gasteiger partial charge is 0.351 e. The van der Waals surface area contributed by atoms with E-state index in [0.29, 0.717) is 12.5 Å². The predicted molar refractivity (Wildman–Crippen MR) is 82.4 cm³/mol. The zero-order chi connectivity index (χ0) is 13.7. The molecule has 0 aliphatic carbocycles. The molecule has 108 valence electrons. The number of benzene rings is 1. The van der Waals surface area contributed by atoms with Crippen LogP contribution >= 0.6 is 12.4 Å². The lowest BCUT2D eigenvalue weighted by atomic mass is 10.0. The maximum Gasteiger partial charge on any atom is 0.237 e. The van der Waals surface area contributed by atoms with Gasteiger partial charge < -0.3 is 11.1 Å². The highest BCUT2D eigenvalue weighted by molar-refractivity contribution is 5.85. The van der Waals surface area contributed by atoms with Crippen molar-refractivity contribution in [2.24, 2.45) is 11.7 Å². The Morgan fingerprint density at radius 1 is 1.32 bits per heavy atom. The maximum atomic E-state index is 11.8. The number of nitrogens with two attached hydrogens (primary N) is 1. The second-order valence-electron chi connectivity index (χ2n) is 5.38. The molecule has 0 bridgehead atoms. The maximum absolute atomic E-state index is 11.8. The van der Waals surface area contributed by atoms with Crippen molar-refractivity contribution in [3.63, 3.8) is 0 Å². The molecule has 0 radical (unpaired) electrons. The van der Waals surface area contributed by atoms with Crippen molar-refractivity contribution in [2.75, 3.05) is 0 Å². The summed E-state index contributed by atoms with van der Waals surface area (Å²) in [6.07, 6.45) is 0.721. The van der Waals surface area contributed by atoms with Crippen molar-refractivity contribution < 1.29 is 4.79 Å². The molecule has 0 unspecified atom stereocenters. The number of hydrogen-bond donors (Lipinski definition) is 2. The van der Waals surface area contributed by atoms with Crippen molar-refractivity contribution in [1.29, 1.82) is 0 Å². The summed E-state index contributed by atoms with van der Waals surface area (Å²) >= 11 is 0. The van der Waals surface area contributed by atoms with Crippen molar-refractivity contribution >= 4 is 18.3 Å². The topological polar surface area (TPSA) is 55.1 Å². The molecule has 0 aliphatic rings. The van der Waals surface area contributed by atoms with Gasteiger partial charge >= 0.3 is 0 Å². The van der Waals surface area contributed by atoms with E-state index < -0.39 is 6.04 Å². The van der Waals surface area contributed by atoms with Crippen LogP contribution in [0.2, 0.25) is 0 Å². The average Bonchev–Trinajstić information content (AvgIpc) is 2.26. The van der Waals surface area contributed by atoms with Crippen LogP contribution in [0, 0.1) is 19.8 Å². The van der Waals surface area contributed by atoms with Gasteiger partial charge in [-0.3, -0.25) is 4.79 Å². The van der Waals surface area contributed by atoms with E-state index in [1.54, 1.807) is 0 Å². The molecule has 1 aromatic rings. The van der Waals surface area contributed by atoms with Crippen LogP contribution in [0.3, 0.4) is 0 Å². The molecule has 0 fully saturated rings. The fraction of sp³-hybridized carbons (Fsp3) is 0.533. The minimum Gasteiger partial charge on any atom is -0.351 e. The van der Waals surface area contributed by atoms with E-state index in [9.17, 15) is 4.79 Å². The van der Waals surface area contributed by atoms with Crippen molar-refractivity contribution in [1.82, 2.24) is 5.32 Å². The molecule has 4 heteroatoms. The lowest BCUT2D eigenvalue weighted by Crippen LogP contribution is -2.41. The van der Waals surface area contributed by atoms with Gasteiger partial charge in [0.1, 0.15) is 0 Å². The Kier molecular flexibility index (Phi) is 7.72. The quantitative estimate of drug-likeness (QED) is 0.873. The van der Waals surface area contributed by atoms with E-state index >= 15 is 0 Å². The van der Waals surface area contributed by atoms with Crippen LogP contribution in [0.25, 0.3) is 0 Å². The molecule has 0 saturated carbocycles. The fourth-order valence-corrected chi connectivity index (χ4v) is 1.97. The highest BCUT2D eigenvalue weighted by Gasteiger charge is 2.14. The molecule has 0 aliphatic heterocycles. The summed E-state index contributed by atoms with van der Waals surface area (Å²) < 4.78 is 0. The van der Waals surface area contributed by atoms with Gasteiger partial charge in [0, 0.05) is 6.54 Å². The smallest absolute Gasteiger partial charge is 0.237 e. The second kappa shape index (κ2) is 8.18. The van der Waals surface area contributed by atoms with E-state index in [2.05, 4.69) is 51.2 Å². The Labute approximate surface area is 122 Å². The Morgan fingerprint density at radius 3 is 2.47 bits per heavy atom. The molecule has 1 aromatic carbocycles. The first-order valence-corrected chi connectivity index (χ1v) is 6.49. The Hall–Kier alpha value is -1.06. The molecule has 0 heterocycles. The lowest BCUT2D eigenvalue weighted by Gasteiger charge is -2.15. The summed E-state index contributed by atoms with van der Waals surface area (Å²) in [5.41, 5.74) is 9.41. The van der Waals surface area contributed by atoms with Crippen LogP contribution in [0.1, 0.15) is 37.0 Å². The second-order valence-corrected chi connectivity index (χ2v) is 5.38. The van der Waals surface area contributed by atoms with E-state index in [-0.39, 0.29) is 18.3 Å². The van der Waals surface area contributed by atoms with Crippen molar-refractivity contribution in [3.8, 4) is 0 Å². The minimum atomic E-state index is -0.407. The van der Waals surface area contributed by atoms with Gasteiger partial charge in [-0.1, -0.05) is 37.6 Å². The first-order valence-electron chi connectivity index (χ1n) is 6.49. The van der Waals surface area contributed by atoms with E-state index in [0.717, 1.165) is 12.0 Å². The molecule has 0 aromatic heterocycles. The third kappa shape index (κ3) is 6.08. The monoisotopic (exact) mass is 284 g/mol. The summed E-state index contributed by atoms with van der Waals surface area (Å²) in [4.78, 5) is 11.8.